The smallest absolute Gasteiger partial charge is 0.150 e. The topological polar surface area (TPSA) is 51.2 Å². The monoisotopic (exact) mass is 475 g/mol. The van der Waals surface area contributed by atoms with Gasteiger partial charge in [-0.25, -0.2) is 0 Å². The summed E-state index contributed by atoms with van der Waals surface area (Å²) in [5.74, 6) is 2.69. The van der Waals surface area contributed by atoms with Crippen LogP contribution in [0.2, 0.25) is 0 Å². The van der Waals surface area contributed by atoms with Crippen molar-refractivity contribution in [3.63, 3.8) is 0 Å². The fourth-order valence-corrected chi connectivity index (χ4v) is 4.82. The first-order valence-electron chi connectivity index (χ1n) is 11.9. The third-order valence-electron chi connectivity index (χ3n) is 6.77. The van der Waals surface area contributed by atoms with Crippen LogP contribution in [0.1, 0.15) is 29.7 Å². The summed E-state index contributed by atoms with van der Waals surface area (Å²) in [4.78, 5) is 2.21. The molecule has 35 heavy (non-hydrogen) atoms. The summed E-state index contributed by atoms with van der Waals surface area (Å²) < 4.78 is 30.5. The highest BCUT2D eigenvalue weighted by Crippen LogP contribution is 2.47. The largest absolute Gasteiger partial charge is 0.508 e. The van der Waals surface area contributed by atoms with Gasteiger partial charge < -0.3 is 19.3 Å². The number of fused-ring (bicyclic) bond motifs is 1. The Hall–Kier alpha value is -3.51. The van der Waals surface area contributed by atoms with Crippen molar-refractivity contribution in [2.45, 2.75) is 13.0 Å². The van der Waals surface area contributed by atoms with Gasteiger partial charge in [-0.05, 0) is 66.1 Å². The molecule has 0 spiro atoms. The molecule has 3 aromatic rings. The number of phenolic OH excluding ortho intramolecular Hbond substituents is 1. The maximum Gasteiger partial charge on any atom is 0.150 e. The molecule has 5 nitrogen and oxygen atoms in total. The summed E-state index contributed by atoms with van der Waals surface area (Å²) in [6, 6.07) is 21.1. The maximum absolute atomic E-state index is 12.6. The van der Waals surface area contributed by atoms with Crippen molar-refractivity contribution < 1.29 is 23.7 Å². The molecule has 1 atom stereocenters. The number of halogens is 1. The number of allylic oxidation sites excluding steroid dienone is 1. The van der Waals surface area contributed by atoms with Crippen molar-refractivity contribution in [2.75, 3.05) is 40.0 Å². The first kappa shape index (κ1) is 23.2. The third-order valence-corrected chi connectivity index (χ3v) is 6.77. The van der Waals surface area contributed by atoms with Crippen LogP contribution in [-0.4, -0.2) is 50.0 Å². The molecule has 0 radical (unpaired) electrons. The van der Waals surface area contributed by atoms with Crippen LogP contribution in [0, 0.1) is 5.92 Å². The molecule has 2 aliphatic heterocycles. The Morgan fingerprint density at radius 1 is 1.03 bits per heavy atom. The van der Waals surface area contributed by atoms with E-state index in [0.717, 1.165) is 64.7 Å². The average molecular weight is 476 g/mol. The highest BCUT2D eigenvalue weighted by atomic mass is 19.1. The molecule has 0 aliphatic carbocycles. The fourth-order valence-electron chi connectivity index (χ4n) is 4.82. The quantitative estimate of drug-likeness (QED) is 0.450. The molecule has 0 saturated carbocycles. The average Bonchev–Trinajstić information content (AvgIpc) is 2.86. The zero-order valence-electron chi connectivity index (χ0n) is 20.0. The van der Waals surface area contributed by atoms with Gasteiger partial charge in [0.15, 0.2) is 0 Å². The number of rotatable bonds is 8. The molecule has 1 N–H and O–H groups in total. The van der Waals surface area contributed by atoms with Crippen molar-refractivity contribution in [3.8, 4) is 23.0 Å². The molecular weight excluding hydrogens is 445 g/mol. The molecule has 2 aliphatic rings. The summed E-state index contributed by atoms with van der Waals surface area (Å²) >= 11 is 0. The molecule has 0 unspecified atom stereocenters. The second-order valence-corrected chi connectivity index (χ2v) is 9.15. The molecule has 182 valence electrons. The van der Waals surface area contributed by atoms with Crippen molar-refractivity contribution in [1.82, 2.24) is 4.90 Å². The number of hydrogen-bond donors (Lipinski definition) is 1. The van der Waals surface area contributed by atoms with Gasteiger partial charge in [0, 0.05) is 36.7 Å². The van der Waals surface area contributed by atoms with Gasteiger partial charge in [0.2, 0.25) is 0 Å². The Bertz CT molecular complexity index is 1220. The Morgan fingerprint density at radius 2 is 1.83 bits per heavy atom. The van der Waals surface area contributed by atoms with Gasteiger partial charge in [-0.2, -0.15) is 0 Å². The number of ether oxygens (including phenoxy) is 3. The van der Waals surface area contributed by atoms with Gasteiger partial charge in [-0.3, -0.25) is 9.29 Å². The Labute approximate surface area is 205 Å². The van der Waals surface area contributed by atoms with Crippen LogP contribution in [0.15, 0.2) is 66.7 Å². The minimum atomic E-state index is -0.327. The summed E-state index contributed by atoms with van der Waals surface area (Å²) in [5, 5.41) is 10.1. The van der Waals surface area contributed by atoms with Crippen molar-refractivity contribution in [3.05, 3.63) is 83.4 Å². The molecule has 5 rings (SSSR count). The predicted octanol–water partition coefficient (Wildman–Crippen LogP) is 5.75. The second-order valence-electron chi connectivity index (χ2n) is 9.15. The van der Waals surface area contributed by atoms with E-state index in [4.69, 9.17) is 14.2 Å². The zero-order chi connectivity index (χ0) is 24.4. The standard InChI is InChI=1S/C29H30FNO4/c1-19-26-15-23(32)8-11-27(26)35-29(28(19)22-4-3-5-25(14-22)33-2)21-6-9-24(10-7-21)34-13-12-31-17-20(16-30)18-31/h3-11,14-15,20,29,32H,12-13,16-18H2,1-2H3/t29-/m0/s1. The van der Waals surface area contributed by atoms with E-state index in [2.05, 4.69) is 11.8 Å². The van der Waals surface area contributed by atoms with Gasteiger partial charge in [0.1, 0.15) is 35.7 Å². The lowest BCUT2D eigenvalue weighted by Gasteiger charge is -2.37. The van der Waals surface area contributed by atoms with Crippen LogP contribution in [0.3, 0.4) is 0 Å². The molecule has 6 heteroatoms. The number of benzene rings is 3. The molecule has 0 bridgehead atoms. The number of phenols is 1. The van der Waals surface area contributed by atoms with Gasteiger partial charge in [0.05, 0.1) is 13.8 Å². The molecule has 1 fully saturated rings. The van der Waals surface area contributed by atoms with Crippen molar-refractivity contribution >= 4 is 11.1 Å². The normalized spacial score (nSPS) is 18.0. The van der Waals surface area contributed by atoms with E-state index in [1.165, 1.54) is 0 Å². The Morgan fingerprint density at radius 3 is 2.57 bits per heavy atom. The molecule has 2 heterocycles. The number of nitrogens with zero attached hydrogens (tertiary/aromatic N) is 1. The lowest BCUT2D eigenvalue weighted by molar-refractivity contribution is 0.0668. The second kappa shape index (κ2) is 10.0. The predicted molar refractivity (Wildman–Crippen MR) is 135 cm³/mol. The van der Waals surface area contributed by atoms with Crippen molar-refractivity contribution in [2.24, 2.45) is 5.92 Å². The number of aromatic hydroxyl groups is 1. The van der Waals surface area contributed by atoms with Crippen LogP contribution in [0.25, 0.3) is 11.1 Å². The van der Waals surface area contributed by atoms with E-state index in [-0.39, 0.29) is 24.4 Å². The lowest BCUT2D eigenvalue weighted by atomic mass is 9.86. The van der Waals surface area contributed by atoms with E-state index in [9.17, 15) is 9.50 Å². The first-order chi connectivity index (χ1) is 17.1. The van der Waals surface area contributed by atoms with Crippen LogP contribution >= 0.6 is 0 Å². The van der Waals surface area contributed by atoms with E-state index < -0.39 is 0 Å². The Balaban J connectivity index is 1.39. The Kier molecular flexibility index (Phi) is 6.64. The van der Waals surface area contributed by atoms with E-state index >= 15 is 0 Å². The summed E-state index contributed by atoms with van der Waals surface area (Å²) in [6.45, 7) is 4.83. The van der Waals surface area contributed by atoms with E-state index in [1.807, 2.05) is 54.6 Å². The fraction of sp³-hybridized carbons (Fsp3) is 0.310. The first-order valence-corrected chi connectivity index (χ1v) is 11.9. The summed E-state index contributed by atoms with van der Waals surface area (Å²) in [7, 11) is 1.66. The SMILES string of the molecule is COc1cccc(C2=C(C)c3cc(O)ccc3O[C@H]2c2ccc(OCCN3CC(CF)C3)cc2)c1. The minimum absolute atomic E-state index is 0.189. The van der Waals surface area contributed by atoms with Crippen LogP contribution in [-0.2, 0) is 0 Å². The number of alkyl halides is 1. The molecule has 0 aromatic heterocycles. The molecule has 0 amide bonds. The van der Waals surface area contributed by atoms with Gasteiger partial charge in [-0.15, -0.1) is 0 Å². The van der Waals surface area contributed by atoms with Gasteiger partial charge in [0.25, 0.3) is 0 Å². The number of hydrogen-bond acceptors (Lipinski definition) is 5. The highest BCUT2D eigenvalue weighted by Gasteiger charge is 2.30. The lowest BCUT2D eigenvalue weighted by Crippen LogP contribution is -2.49. The summed E-state index contributed by atoms with van der Waals surface area (Å²) in [5.41, 5.74) is 4.95. The number of methoxy groups -OCH3 is 1. The van der Waals surface area contributed by atoms with E-state index in [0.29, 0.717) is 6.61 Å². The molecule has 1 saturated heterocycles. The van der Waals surface area contributed by atoms with Gasteiger partial charge in [-0.1, -0.05) is 24.3 Å². The molecular formula is C29H30FNO4. The van der Waals surface area contributed by atoms with E-state index in [1.54, 1.807) is 19.2 Å². The number of likely N-dealkylation sites (tertiary alicyclic amines) is 1. The maximum atomic E-state index is 12.6. The minimum Gasteiger partial charge on any atom is -0.508 e. The molecule has 3 aromatic carbocycles. The summed E-state index contributed by atoms with van der Waals surface area (Å²) in [6.07, 6.45) is -0.327. The highest BCUT2D eigenvalue weighted by molar-refractivity contribution is 5.95. The van der Waals surface area contributed by atoms with Gasteiger partial charge >= 0.3 is 0 Å². The third kappa shape index (κ3) is 4.84. The van der Waals surface area contributed by atoms with Crippen LogP contribution < -0.4 is 14.2 Å². The van der Waals surface area contributed by atoms with Crippen LogP contribution in [0.4, 0.5) is 4.39 Å². The van der Waals surface area contributed by atoms with Crippen molar-refractivity contribution in [1.29, 1.82) is 0 Å². The van der Waals surface area contributed by atoms with Crippen LogP contribution in [0.5, 0.6) is 23.0 Å². The zero-order valence-corrected chi connectivity index (χ0v) is 20.0.